The van der Waals surface area contributed by atoms with Crippen molar-refractivity contribution in [1.82, 2.24) is 4.90 Å². The molecule has 0 spiro atoms. The number of hydrogen-bond acceptors (Lipinski definition) is 3. The molecule has 162 valence electrons. The number of nitrogens with one attached hydrogen (secondary N) is 1. The van der Waals surface area contributed by atoms with Gasteiger partial charge in [-0.3, -0.25) is 9.69 Å². The van der Waals surface area contributed by atoms with Gasteiger partial charge in [-0.15, -0.1) is 6.58 Å². The van der Waals surface area contributed by atoms with Gasteiger partial charge in [0, 0.05) is 49.7 Å². The Morgan fingerprint density at radius 3 is 2.32 bits per heavy atom. The average Bonchev–Trinajstić information content (AvgIpc) is 2.81. The first kappa shape index (κ1) is 21.4. The van der Waals surface area contributed by atoms with Gasteiger partial charge in [0.15, 0.2) is 0 Å². The van der Waals surface area contributed by atoms with E-state index in [1.807, 2.05) is 18.2 Å². The molecule has 0 saturated carbocycles. The minimum Gasteiger partial charge on any atom is -0.369 e. The lowest BCUT2D eigenvalue weighted by molar-refractivity contribution is -0.113. The Hall–Kier alpha value is -2.85. The third-order valence-electron chi connectivity index (χ3n) is 6.39. The number of anilines is 2. The fraction of sp³-hybridized carbons (Fsp3) is 0.370. The molecule has 2 aromatic rings. The van der Waals surface area contributed by atoms with Crippen molar-refractivity contribution in [2.75, 3.05) is 42.9 Å². The summed E-state index contributed by atoms with van der Waals surface area (Å²) in [7, 11) is 0. The monoisotopic (exact) mass is 415 g/mol. The Morgan fingerprint density at radius 1 is 0.968 bits per heavy atom. The van der Waals surface area contributed by atoms with E-state index in [4.69, 9.17) is 0 Å². The molecule has 2 aromatic carbocycles. The Labute approximate surface area is 186 Å². The van der Waals surface area contributed by atoms with E-state index in [-0.39, 0.29) is 5.91 Å². The SMILES string of the molecule is C=CCN1CCN(c2ccc(NC(=O)C3=C(c4ccc(C)cc4)CCCC3)cc2)CC1. The van der Waals surface area contributed by atoms with Crippen LogP contribution in [0.5, 0.6) is 0 Å². The lowest BCUT2D eigenvalue weighted by atomic mass is 9.86. The zero-order valence-corrected chi connectivity index (χ0v) is 18.6. The third kappa shape index (κ3) is 5.26. The van der Waals surface area contributed by atoms with Gasteiger partial charge in [0.2, 0.25) is 0 Å². The molecule has 4 nitrogen and oxygen atoms in total. The molecule has 0 bridgehead atoms. The van der Waals surface area contributed by atoms with Crippen molar-refractivity contribution in [1.29, 1.82) is 0 Å². The molecule has 0 unspecified atom stereocenters. The highest BCUT2D eigenvalue weighted by Crippen LogP contribution is 2.33. The summed E-state index contributed by atoms with van der Waals surface area (Å²) in [5.41, 5.74) is 6.65. The van der Waals surface area contributed by atoms with Gasteiger partial charge in [-0.25, -0.2) is 0 Å². The van der Waals surface area contributed by atoms with Crippen molar-refractivity contribution in [2.45, 2.75) is 32.6 Å². The maximum Gasteiger partial charge on any atom is 0.251 e. The molecule has 1 saturated heterocycles. The molecule has 31 heavy (non-hydrogen) atoms. The largest absolute Gasteiger partial charge is 0.369 e. The van der Waals surface area contributed by atoms with E-state index in [2.05, 4.69) is 65.0 Å². The maximum absolute atomic E-state index is 13.1. The molecule has 1 fully saturated rings. The van der Waals surface area contributed by atoms with Crippen LogP contribution >= 0.6 is 0 Å². The molecule has 1 aliphatic carbocycles. The minimum absolute atomic E-state index is 0.0427. The second kappa shape index (κ2) is 9.97. The number of piperazine rings is 1. The van der Waals surface area contributed by atoms with Gasteiger partial charge in [0.25, 0.3) is 5.91 Å². The van der Waals surface area contributed by atoms with Crippen molar-refractivity contribution in [3.05, 3.63) is 77.9 Å². The first-order chi connectivity index (χ1) is 15.1. The summed E-state index contributed by atoms with van der Waals surface area (Å²) in [5, 5.41) is 3.14. The second-order valence-electron chi connectivity index (χ2n) is 8.61. The molecule has 0 atom stereocenters. The number of carbonyl (C=O) groups excluding carboxylic acids is 1. The highest BCUT2D eigenvalue weighted by Gasteiger charge is 2.21. The van der Waals surface area contributed by atoms with Crippen LogP contribution < -0.4 is 10.2 Å². The zero-order valence-electron chi connectivity index (χ0n) is 18.6. The van der Waals surface area contributed by atoms with E-state index in [1.165, 1.54) is 22.4 Å². The molecule has 1 N–H and O–H groups in total. The van der Waals surface area contributed by atoms with Gasteiger partial charge in [-0.2, -0.15) is 0 Å². The smallest absolute Gasteiger partial charge is 0.251 e. The Bertz CT molecular complexity index is 935. The molecule has 0 radical (unpaired) electrons. The molecule has 1 aliphatic heterocycles. The number of amides is 1. The third-order valence-corrected chi connectivity index (χ3v) is 6.39. The van der Waals surface area contributed by atoms with Gasteiger partial charge in [0.05, 0.1) is 0 Å². The van der Waals surface area contributed by atoms with Crippen LogP contribution in [0.4, 0.5) is 11.4 Å². The number of benzene rings is 2. The molecule has 1 heterocycles. The summed E-state index contributed by atoms with van der Waals surface area (Å²) in [4.78, 5) is 17.9. The summed E-state index contributed by atoms with van der Waals surface area (Å²) in [5.74, 6) is 0.0427. The predicted octanol–water partition coefficient (Wildman–Crippen LogP) is 5.27. The van der Waals surface area contributed by atoms with Crippen molar-refractivity contribution in [3.8, 4) is 0 Å². The molecule has 2 aliphatic rings. The molecule has 1 amide bonds. The van der Waals surface area contributed by atoms with Crippen LogP contribution in [0.2, 0.25) is 0 Å². The van der Waals surface area contributed by atoms with Crippen molar-refractivity contribution >= 4 is 22.9 Å². The minimum atomic E-state index is 0.0427. The van der Waals surface area contributed by atoms with Crippen LogP contribution in [0.1, 0.15) is 36.8 Å². The van der Waals surface area contributed by atoms with Crippen LogP contribution in [0.25, 0.3) is 5.57 Å². The molecular formula is C27H33N3O. The van der Waals surface area contributed by atoms with Gasteiger partial charge in [-0.05, 0) is 68.0 Å². The van der Waals surface area contributed by atoms with Crippen LogP contribution in [-0.2, 0) is 4.79 Å². The van der Waals surface area contributed by atoms with Gasteiger partial charge >= 0.3 is 0 Å². The Balaban J connectivity index is 1.43. The van der Waals surface area contributed by atoms with Gasteiger partial charge < -0.3 is 10.2 Å². The highest BCUT2D eigenvalue weighted by molar-refractivity contribution is 6.09. The van der Waals surface area contributed by atoms with Crippen molar-refractivity contribution in [3.63, 3.8) is 0 Å². The number of aryl methyl sites for hydroxylation is 1. The number of carbonyl (C=O) groups is 1. The zero-order chi connectivity index (χ0) is 21.6. The van der Waals surface area contributed by atoms with E-state index in [9.17, 15) is 4.79 Å². The molecule has 0 aromatic heterocycles. The Morgan fingerprint density at radius 2 is 1.65 bits per heavy atom. The second-order valence-corrected chi connectivity index (χ2v) is 8.61. The summed E-state index contributed by atoms with van der Waals surface area (Å²) in [6.07, 6.45) is 6.02. The Kier molecular flexibility index (Phi) is 6.88. The summed E-state index contributed by atoms with van der Waals surface area (Å²) in [6.45, 7) is 11.0. The van der Waals surface area contributed by atoms with Crippen LogP contribution in [0.15, 0.2) is 66.8 Å². The lowest BCUT2D eigenvalue weighted by Gasteiger charge is -2.35. The van der Waals surface area contributed by atoms with E-state index < -0.39 is 0 Å². The van der Waals surface area contributed by atoms with E-state index in [1.54, 1.807) is 0 Å². The maximum atomic E-state index is 13.1. The highest BCUT2D eigenvalue weighted by atomic mass is 16.1. The fourth-order valence-electron chi connectivity index (χ4n) is 4.56. The molecule has 4 rings (SSSR count). The topological polar surface area (TPSA) is 35.6 Å². The van der Waals surface area contributed by atoms with Crippen LogP contribution in [0.3, 0.4) is 0 Å². The number of rotatable bonds is 6. The summed E-state index contributed by atoms with van der Waals surface area (Å²) < 4.78 is 0. The summed E-state index contributed by atoms with van der Waals surface area (Å²) >= 11 is 0. The normalized spacial score (nSPS) is 17.5. The fourth-order valence-corrected chi connectivity index (χ4v) is 4.56. The number of allylic oxidation sites excluding steroid dienone is 1. The van der Waals surface area contributed by atoms with E-state index >= 15 is 0 Å². The van der Waals surface area contributed by atoms with Crippen LogP contribution in [0, 0.1) is 6.92 Å². The average molecular weight is 416 g/mol. The van der Waals surface area contributed by atoms with Crippen molar-refractivity contribution < 1.29 is 4.79 Å². The molecule has 4 heteroatoms. The quantitative estimate of drug-likeness (QED) is 0.653. The number of nitrogens with zero attached hydrogens (tertiary/aromatic N) is 2. The molecular weight excluding hydrogens is 382 g/mol. The standard InChI is InChI=1S/C27H33N3O/c1-3-16-29-17-19-30(20-18-29)24-14-12-23(13-15-24)28-27(31)26-7-5-4-6-25(26)22-10-8-21(2)9-11-22/h3,8-15H,1,4-7,16-20H2,2H3,(H,28,31). The van der Waals surface area contributed by atoms with Crippen molar-refractivity contribution in [2.24, 2.45) is 0 Å². The van der Waals surface area contributed by atoms with Gasteiger partial charge in [0.1, 0.15) is 0 Å². The van der Waals surface area contributed by atoms with E-state index in [0.29, 0.717) is 0 Å². The first-order valence-electron chi connectivity index (χ1n) is 11.4. The lowest BCUT2D eigenvalue weighted by Crippen LogP contribution is -2.46. The first-order valence-corrected chi connectivity index (χ1v) is 11.4. The van der Waals surface area contributed by atoms with E-state index in [0.717, 1.165) is 69.7 Å². The number of hydrogen-bond donors (Lipinski definition) is 1. The summed E-state index contributed by atoms with van der Waals surface area (Å²) in [6, 6.07) is 16.8. The van der Waals surface area contributed by atoms with Gasteiger partial charge in [-0.1, -0.05) is 35.9 Å². The predicted molar refractivity (Wildman–Crippen MR) is 130 cm³/mol. The van der Waals surface area contributed by atoms with Crippen LogP contribution in [-0.4, -0.2) is 43.5 Å².